The predicted molar refractivity (Wildman–Crippen MR) is 160 cm³/mol. The first-order valence-electron chi connectivity index (χ1n) is 15.3. The van der Waals surface area contributed by atoms with Crippen LogP contribution in [0.3, 0.4) is 0 Å². The number of nitrogens with one attached hydrogen (secondary N) is 2. The van der Waals surface area contributed by atoms with Gasteiger partial charge in [-0.1, -0.05) is 55.8 Å². The van der Waals surface area contributed by atoms with Gasteiger partial charge < -0.3 is 20.6 Å². The first-order chi connectivity index (χ1) is 19.5. The van der Waals surface area contributed by atoms with Gasteiger partial charge in [0.15, 0.2) is 5.78 Å². The highest BCUT2D eigenvalue weighted by Crippen LogP contribution is 2.29. The maximum absolute atomic E-state index is 13.5. The molecule has 226 valence electrons. The number of aryl methyl sites for hydroxylation is 1. The maximum Gasteiger partial charge on any atom is 0.243 e. The molecule has 0 radical (unpaired) electrons. The fourth-order valence-corrected chi connectivity index (χ4v) is 6.31. The Morgan fingerprint density at radius 2 is 1.80 bits per heavy atom. The number of benzene rings is 1. The van der Waals surface area contributed by atoms with Gasteiger partial charge in [0, 0.05) is 18.9 Å². The summed E-state index contributed by atoms with van der Waals surface area (Å²) in [7, 11) is 0. The second kappa shape index (κ2) is 15.3. The number of carbonyl (C=O) groups is 4. The van der Waals surface area contributed by atoms with Gasteiger partial charge in [-0.25, -0.2) is 0 Å². The zero-order chi connectivity index (χ0) is 30.0. The van der Waals surface area contributed by atoms with E-state index in [4.69, 9.17) is 0 Å². The number of fused-ring (bicyclic) bond motifs is 1. The van der Waals surface area contributed by atoms with E-state index in [2.05, 4.69) is 17.6 Å². The number of nitrogens with zero attached hydrogens (tertiary/aromatic N) is 1. The van der Waals surface area contributed by atoms with Gasteiger partial charge in [0.1, 0.15) is 6.04 Å². The molecule has 3 rings (SSSR count). The Labute approximate surface area is 245 Å². The van der Waals surface area contributed by atoms with Crippen LogP contribution in [0.25, 0.3) is 0 Å². The topological polar surface area (TPSA) is 116 Å². The Balaban J connectivity index is 1.79. The lowest BCUT2D eigenvalue weighted by molar-refractivity contribution is -0.141. The van der Waals surface area contributed by atoms with Crippen molar-refractivity contribution in [3.63, 3.8) is 0 Å². The van der Waals surface area contributed by atoms with Gasteiger partial charge in [0.05, 0.1) is 18.2 Å². The van der Waals surface area contributed by atoms with Crippen molar-refractivity contribution in [2.24, 2.45) is 11.8 Å². The smallest absolute Gasteiger partial charge is 0.243 e. The molecule has 1 aromatic rings. The number of amides is 3. The highest BCUT2D eigenvalue weighted by atomic mass is 16.3. The highest BCUT2D eigenvalue weighted by Gasteiger charge is 2.36. The minimum atomic E-state index is -0.881. The molecule has 3 amide bonds. The number of ketones is 1. The number of Topliss-reactive ketones (excluding diaryl/α,β-unsaturated/α-hetero) is 1. The van der Waals surface area contributed by atoms with Gasteiger partial charge >= 0.3 is 0 Å². The number of aliphatic hydroxyl groups is 1. The van der Waals surface area contributed by atoms with Crippen LogP contribution in [0.2, 0.25) is 0 Å². The van der Waals surface area contributed by atoms with E-state index in [-0.39, 0.29) is 42.4 Å². The highest BCUT2D eigenvalue weighted by molar-refractivity contribution is 5.94. The number of hydrogen-bond acceptors (Lipinski definition) is 5. The van der Waals surface area contributed by atoms with Crippen LogP contribution in [0, 0.1) is 11.8 Å². The van der Waals surface area contributed by atoms with Crippen molar-refractivity contribution in [3.05, 3.63) is 47.5 Å². The molecule has 0 bridgehead atoms. The predicted octanol–water partition coefficient (Wildman–Crippen LogP) is 4.10. The zero-order valence-corrected chi connectivity index (χ0v) is 25.3. The number of hydrogen-bond donors (Lipinski definition) is 3. The lowest BCUT2D eigenvalue weighted by atomic mass is 9.83. The monoisotopic (exact) mass is 567 g/mol. The van der Waals surface area contributed by atoms with E-state index in [1.54, 1.807) is 4.90 Å². The maximum atomic E-state index is 13.5. The molecule has 2 heterocycles. The zero-order valence-electron chi connectivity index (χ0n) is 25.3. The first kappa shape index (κ1) is 32.5. The van der Waals surface area contributed by atoms with Gasteiger partial charge in [-0.3, -0.25) is 19.2 Å². The van der Waals surface area contributed by atoms with Crippen LogP contribution in [-0.2, 0) is 25.6 Å². The van der Waals surface area contributed by atoms with E-state index in [1.807, 2.05) is 57.2 Å². The Bertz CT molecular complexity index is 1080. The summed E-state index contributed by atoms with van der Waals surface area (Å²) in [4.78, 5) is 54.4. The average molecular weight is 568 g/mol. The number of allylic oxidation sites excluding steroid dienone is 2. The van der Waals surface area contributed by atoms with Crippen molar-refractivity contribution >= 4 is 23.5 Å². The van der Waals surface area contributed by atoms with Crippen LogP contribution >= 0.6 is 0 Å². The molecular formula is C33H49N3O5. The molecule has 0 saturated carbocycles. The Kier molecular flexibility index (Phi) is 12.1. The van der Waals surface area contributed by atoms with Crippen LogP contribution in [0.5, 0.6) is 0 Å². The summed E-state index contributed by atoms with van der Waals surface area (Å²) in [5.41, 5.74) is 1.19. The van der Waals surface area contributed by atoms with E-state index in [9.17, 15) is 24.3 Å². The SMILES string of the molecule is C/C=C1/CC(=O)C(CCc2ccccc2)NC(=O)CNC(=O)[C@@H]2CCCN2C(=O)[C@H](C)CCC[C@](C)(O)C[C@@H](C)C1. The fourth-order valence-electron chi connectivity index (χ4n) is 6.31. The number of rotatable bonds is 3. The summed E-state index contributed by atoms with van der Waals surface area (Å²) in [6.45, 7) is 8.02. The van der Waals surface area contributed by atoms with E-state index in [0.717, 1.165) is 17.6 Å². The van der Waals surface area contributed by atoms with Gasteiger partial charge in [-0.15, -0.1) is 0 Å². The second-order valence-corrected chi connectivity index (χ2v) is 12.4. The molecular weight excluding hydrogens is 518 g/mol. The molecule has 5 atom stereocenters. The summed E-state index contributed by atoms with van der Waals surface area (Å²) in [5, 5.41) is 16.7. The van der Waals surface area contributed by atoms with Crippen LogP contribution in [-0.4, -0.2) is 64.3 Å². The minimum absolute atomic E-state index is 0.0567. The van der Waals surface area contributed by atoms with Crippen molar-refractivity contribution < 1.29 is 24.3 Å². The third kappa shape index (κ3) is 10.1. The molecule has 0 spiro atoms. The summed E-state index contributed by atoms with van der Waals surface area (Å²) in [6, 6.07) is 8.55. The molecule has 0 aliphatic carbocycles. The molecule has 2 aliphatic heterocycles. The van der Waals surface area contributed by atoms with Crippen LogP contribution < -0.4 is 10.6 Å². The molecule has 1 unspecified atom stereocenters. The van der Waals surface area contributed by atoms with Gasteiger partial charge in [-0.2, -0.15) is 0 Å². The molecule has 8 heteroatoms. The van der Waals surface area contributed by atoms with Crippen LogP contribution in [0.1, 0.15) is 91.0 Å². The van der Waals surface area contributed by atoms with Gasteiger partial charge in [0.2, 0.25) is 17.7 Å². The lowest BCUT2D eigenvalue weighted by Crippen LogP contribution is -2.51. The quantitative estimate of drug-likeness (QED) is 0.476. The van der Waals surface area contributed by atoms with Gasteiger partial charge in [-0.05, 0) is 83.1 Å². The van der Waals surface area contributed by atoms with Gasteiger partial charge in [0.25, 0.3) is 0 Å². The molecule has 2 fully saturated rings. The summed E-state index contributed by atoms with van der Waals surface area (Å²) < 4.78 is 0. The fraction of sp³-hybridized carbons (Fsp3) is 0.636. The van der Waals surface area contributed by atoms with Crippen LogP contribution in [0.15, 0.2) is 42.0 Å². The standard InChI is InChI=1S/C33H49N3O5/c1-5-25-19-23(2)21-33(4,41)17-9-11-24(3)32(40)36-18-10-14-28(36)31(39)34-22-30(38)35-27(29(37)20-25)16-15-26-12-7-6-8-13-26/h5-8,12-13,23-24,27-28,41H,9-11,14-22H2,1-4H3,(H,34,39)(H,35,38)/b25-5+/t23-,24+,27?,28-,33-/m0/s1. The van der Waals surface area contributed by atoms with Crippen molar-refractivity contribution in [2.75, 3.05) is 13.1 Å². The normalized spacial score (nSPS) is 31.0. The second-order valence-electron chi connectivity index (χ2n) is 12.4. The van der Waals surface area contributed by atoms with Crippen molar-refractivity contribution in [1.29, 1.82) is 0 Å². The van der Waals surface area contributed by atoms with E-state index in [1.165, 1.54) is 0 Å². The minimum Gasteiger partial charge on any atom is -0.390 e. The molecule has 2 aliphatic rings. The largest absolute Gasteiger partial charge is 0.390 e. The third-order valence-corrected chi connectivity index (χ3v) is 8.53. The molecule has 2 saturated heterocycles. The summed E-state index contributed by atoms with van der Waals surface area (Å²) in [5.74, 6) is -0.978. The lowest BCUT2D eigenvalue weighted by Gasteiger charge is -2.29. The van der Waals surface area contributed by atoms with E-state index < -0.39 is 23.6 Å². The van der Waals surface area contributed by atoms with Crippen molar-refractivity contribution in [3.8, 4) is 0 Å². The van der Waals surface area contributed by atoms with E-state index in [0.29, 0.717) is 57.9 Å². The molecule has 8 nitrogen and oxygen atoms in total. The molecule has 3 N–H and O–H groups in total. The Morgan fingerprint density at radius 3 is 2.51 bits per heavy atom. The molecule has 0 aromatic heterocycles. The summed E-state index contributed by atoms with van der Waals surface area (Å²) >= 11 is 0. The average Bonchev–Trinajstić information content (AvgIpc) is 3.42. The Morgan fingerprint density at radius 1 is 1.07 bits per heavy atom. The summed E-state index contributed by atoms with van der Waals surface area (Å²) in [6.07, 6.45) is 7.75. The van der Waals surface area contributed by atoms with Crippen LogP contribution in [0.4, 0.5) is 0 Å². The van der Waals surface area contributed by atoms with Crippen molar-refractivity contribution in [1.82, 2.24) is 15.5 Å². The Hall–Kier alpha value is -3.00. The van der Waals surface area contributed by atoms with Crippen molar-refractivity contribution in [2.45, 2.75) is 110 Å². The first-order valence-corrected chi connectivity index (χ1v) is 15.3. The molecule has 41 heavy (non-hydrogen) atoms. The molecule has 1 aromatic carbocycles. The number of carbonyl (C=O) groups excluding carboxylic acids is 4. The van der Waals surface area contributed by atoms with E-state index >= 15 is 0 Å². The third-order valence-electron chi connectivity index (χ3n) is 8.53.